The predicted octanol–water partition coefficient (Wildman–Crippen LogP) is 6.33. The average molecular weight is 564 g/mol. The Bertz CT molecular complexity index is 1650. The molecule has 6 rings (SSSR count). The number of ether oxygens (including phenoxy) is 4. The quantitative estimate of drug-likeness (QED) is 0.186. The number of nitrogens with zero attached hydrogens (tertiary/aromatic N) is 1. The van der Waals surface area contributed by atoms with E-state index in [-0.39, 0.29) is 18.6 Å². The van der Waals surface area contributed by atoms with E-state index in [1.807, 2.05) is 91.0 Å². The zero-order chi connectivity index (χ0) is 28.6. The fourth-order valence-corrected chi connectivity index (χ4v) is 4.94. The standard InChI is InChI=1S/C35H33NO6/c37-29-22-30(28-14-8-3-9-15-28)42-31-23-32(39-21-18-36-16-19-38-20-17-36)34(40-24-26-10-4-1-5-11-26)35(33(29)31)41-25-27-12-6-2-7-13-27/h1-15,22-23H,16-21,24-25H2. The number of morpholine rings is 1. The van der Waals surface area contributed by atoms with E-state index in [9.17, 15) is 4.79 Å². The zero-order valence-electron chi connectivity index (χ0n) is 23.4. The summed E-state index contributed by atoms with van der Waals surface area (Å²) in [5, 5.41) is 0.314. The third kappa shape index (κ3) is 6.65. The van der Waals surface area contributed by atoms with Crippen molar-refractivity contribution in [2.45, 2.75) is 13.2 Å². The Morgan fingerprint density at radius 2 is 1.29 bits per heavy atom. The molecule has 0 N–H and O–H groups in total. The Morgan fingerprint density at radius 1 is 0.690 bits per heavy atom. The van der Waals surface area contributed by atoms with Crippen LogP contribution in [-0.4, -0.2) is 44.4 Å². The third-order valence-corrected chi connectivity index (χ3v) is 7.17. The average Bonchev–Trinajstić information content (AvgIpc) is 3.04. The number of rotatable bonds is 11. The SMILES string of the molecule is O=c1cc(-c2ccccc2)oc2cc(OCCN3CCOCC3)c(OCc3ccccc3)c(OCc3ccccc3)c12. The molecule has 0 spiro atoms. The van der Waals surface area contributed by atoms with Gasteiger partial charge in [0.2, 0.25) is 5.75 Å². The molecule has 0 saturated carbocycles. The van der Waals surface area contributed by atoms with Crippen LogP contribution in [0.2, 0.25) is 0 Å². The van der Waals surface area contributed by atoms with Crippen LogP contribution in [0, 0.1) is 0 Å². The highest BCUT2D eigenvalue weighted by atomic mass is 16.5. The maximum Gasteiger partial charge on any atom is 0.205 e. The van der Waals surface area contributed by atoms with Gasteiger partial charge >= 0.3 is 0 Å². The van der Waals surface area contributed by atoms with Crippen molar-refractivity contribution in [3.8, 4) is 28.6 Å². The van der Waals surface area contributed by atoms with Gasteiger partial charge in [-0.3, -0.25) is 9.69 Å². The second-order valence-corrected chi connectivity index (χ2v) is 10.1. The Kier molecular flexibility index (Phi) is 8.78. The summed E-state index contributed by atoms with van der Waals surface area (Å²) in [6, 6.07) is 32.5. The molecule has 1 aromatic heterocycles. The van der Waals surface area contributed by atoms with Gasteiger partial charge in [-0.2, -0.15) is 0 Å². The molecule has 0 atom stereocenters. The molecule has 4 aromatic carbocycles. The minimum atomic E-state index is -0.220. The van der Waals surface area contributed by atoms with Gasteiger partial charge in [0.05, 0.1) is 13.2 Å². The molecule has 1 saturated heterocycles. The minimum absolute atomic E-state index is 0.220. The lowest BCUT2D eigenvalue weighted by molar-refractivity contribution is 0.0320. The van der Waals surface area contributed by atoms with E-state index in [2.05, 4.69) is 4.90 Å². The van der Waals surface area contributed by atoms with Crippen molar-refractivity contribution in [3.63, 3.8) is 0 Å². The van der Waals surface area contributed by atoms with E-state index in [1.165, 1.54) is 6.07 Å². The fourth-order valence-electron chi connectivity index (χ4n) is 4.94. The molecule has 5 aromatic rings. The first-order valence-electron chi connectivity index (χ1n) is 14.2. The molecule has 0 radical (unpaired) electrons. The van der Waals surface area contributed by atoms with Crippen molar-refractivity contribution in [1.29, 1.82) is 0 Å². The lowest BCUT2D eigenvalue weighted by atomic mass is 10.1. The molecule has 1 aliphatic heterocycles. The summed E-state index contributed by atoms with van der Waals surface area (Å²) in [4.78, 5) is 16.0. The highest BCUT2D eigenvalue weighted by Crippen LogP contribution is 2.44. The fraction of sp³-hybridized carbons (Fsp3) is 0.229. The number of benzene rings is 4. The summed E-state index contributed by atoms with van der Waals surface area (Å²) < 4.78 is 31.0. The van der Waals surface area contributed by atoms with Crippen molar-refractivity contribution in [1.82, 2.24) is 4.90 Å². The monoisotopic (exact) mass is 563 g/mol. The van der Waals surface area contributed by atoms with Crippen LogP contribution in [0.25, 0.3) is 22.3 Å². The third-order valence-electron chi connectivity index (χ3n) is 7.17. The van der Waals surface area contributed by atoms with E-state index in [1.54, 1.807) is 6.07 Å². The van der Waals surface area contributed by atoms with Gasteiger partial charge in [0.1, 0.15) is 36.6 Å². The highest BCUT2D eigenvalue weighted by Gasteiger charge is 2.23. The van der Waals surface area contributed by atoms with Crippen LogP contribution in [0.4, 0.5) is 0 Å². The number of fused-ring (bicyclic) bond motifs is 1. The van der Waals surface area contributed by atoms with Crippen LogP contribution in [-0.2, 0) is 18.0 Å². The van der Waals surface area contributed by atoms with Crippen LogP contribution < -0.4 is 19.6 Å². The van der Waals surface area contributed by atoms with Gasteiger partial charge in [0, 0.05) is 37.3 Å². The van der Waals surface area contributed by atoms with Crippen LogP contribution >= 0.6 is 0 Å². The molecular weight excluding hydrogens is 530 g/mol. The van der Waals surface area contributed by atoms with Gasteiger partial charge < -0.3 is 23.4 Å². The second kappa shape index (κ2) is 13.4. The summed E-state index contributed by atoms with van der Waals surface area (Å²) in [5.41, 5.74) is 2.91. The van der Waals surface area contributed by atoms with Crippen LogP contribution in [0.5, 0.6) is 17.2 Å². The number of hydrogen-bond acceptors (Lipinski definition) is 7. The summed E-state index contributed by atoms with van der Waals surface area (Å²) in [6.07, 6.45) is 0. The smallest absolute Gasteiger partial charge is 0.205 e. The zero-order valence-corrected chi connectivity index (χ0v) is 23.4. The topological polar surface area (TPSA) is 70.4 Å². The first-order chi connectivity index (χ1) is 20.7. The molecule has 1 fully saturated rings. The molecule has 0 amide bonds. The van der Waals surface area contributed by atoms with E-state index >= 15 is 0 Å². The molecule has 0 bridgehead atoms. The van der Waals surface area contributed by atoms with Crippen LogP contribution in [0.1, 0.15) is 11.1 Å². The molecule has 0 aliphatic carbocycles. The van der Waals surface area contributed by atoms with E-state index in [4.69, 9.17) is 23.4 Å². The molecule has 2 heterocycles. The van der Waals surface area contributed by atoms with Gasteiger partial charge in [-0.1, -0.05) is 91.0 Å². The van der Waals surface area contributed by atoms with Gasteiger partial charge in [0.25, 0.3) is 0 Å². The Morgan fingerprint density at radius 3 is 1.93 bits per heavy atom. The molecule has 214 valence electrons. The second-order valence-electron chi connectivity index (χ2n) is 10.1. The van der Waals surface area contributed by atoms with Gasteiger partial charge in [-0.05, 0) is 11.1 Å². The van der Waals surface area contributed by atoms with Gasteiger partial charge in [-0.15, -0.1) is 0 Å². The first-order valence-corrected chi connectivity index (χ1v) is 14.2. The van der Waals surface area contributed by atoms with Crippen molar-refractivity contribution in [2.75, 3.05) is 39.5 Å². The minimum Gasteiger partial charge on any atom is -0.488 e. The molecule has 0 unspecified atom stereocenters. The lowest BCUT2D eigenvalue weighted by Crippen LogP contribution is -2.38. The Balaban J connectivity index is 1.42. The van der Waals surface area contributed by atoms with E-state index in [0.717, 1.165) is 36.3 Å². The summed E-state index contributed by atoms with van der Waals surface area (Å²) >= 11 is 0. The molecule has 7 nitrogen and oxygen atoms in total. The normalized spacial score (nSPS) is 13.6. The van der Waals surface area contributed by atoms with Gasteiger partial charge in [-0.25, -0.2) is 0 Å². The summed E-state index contributed by atoms with van der Waals surface area (Å²) in [7, 11) is 0. The largest absolute Gasteiger partial charge is 0.488 e. The molecule has 42 heavy (non-hydrogen) atoms. The molecule has 1 aliphatic rings. The van der Waals surface area contributed by atoms with Crippen molar-refractivity contribution in [3.05, 3.63) is 124 Å². The van der Waals surface area contributed by atoms with E-state index < -0.39 is 0 Å². The van der Waals surface area contributed by atoms with Crippen LogP contribution in [0.3, 0.4) is 0 Å². The predicted molar refractivity (Wildman–Crippen MR) is 162 cm³/mol. The summed E-state index contributed by atoms with van der Waals surface area (Å²) in [6.45, 7) is 4.83. The van der Waals surface area contributed by atoms with E-state index in [0.29, 0.717) is 53.8 Å². The summed E-state index contributed by atoms with van der Waals surface area (Å²) in [5.74, 6) is 1.62. The lowest BCUT2D eigenvalue weighted by Gasteiger charge is -2.26. The maximum atomic E-state index is 13.7. The van der Waals surface area contributed by atoms with Crippen molar-refractivity contribution < 1.29 is 23.4 Å². The van der Waals surface area contributed by atoms with Crippen molar-refractivity contribution >= 4 is 11.0 Å². The van der Waals surface area contributed by atoms with Crippen LogP contribution in [0.15, 0.2) is 112 Å². The van der Waals surface area contributed by atoms with Gasteiger partial charge in [0.15, 0.2) is 16.9 Å². The molecule has 7 heteroatoms. The van der Waals surface area contributed by atoms with Crippen molar-refractivity contribution in [2.24, 2.45) is 0 Å². The Labute approximate surface area is 244 Å². The number of hydrogen-bond donors (Lipinski definition) is 0. The first kappa shape index (κ1) is 27.6. The molecular formula is C35H33NO6. The maximum absolute atomic E-state index is 13.7. The Hall–Kier alpha value is -4.59. The highest BCUT2D eigenvalue weighted by molar-refractivity contribution is 5.90.